The van der Waals surface area contributed by atoms with Gasteiger partial charge in [0.2, 0.25) is 0 Å². The number of rotatable bonds is 1. The first-order valence-electron chi connectivity index (χ1n) is 5.42. The van der Waals surface area contributed by atoms with Gasteiger partial charge in [-0.25, -0.2) is 4.68 Å². The van der Waals surface area contributed by atoms with Crippen molar-refractivity contribution in [3.63, 3.8) is 0 Å². The molecule has 0 atom stereocenters. The van der Waals surface area contributed by atoms with Crippen molar-refractivity contribution in [2.45, 2.75) is 6.92 Å². The maximum absolute atomic E-state index is 5.65. The summed E-state index contributed by atoms with van der Waals surface area (Å²) < 4.78 is 1.78. The molecule has 0 saturated heterocycles. The Bertz CT molecular complexity index is 685. The van der Waals surface area contributed by atoms with Gasteiger partial charge in [0.25, 0.3) is 0 Å². The van der Waals surface area contributed by atoms with E-state index in [0.29, 0.717) is 5.82 Å². The van der Waals surface area contributed by atoms with Crippen LogP contribution in [0.15, 0.2) is 42.6 Å². The molecule has 0 saturated carbocycles. The third kappa shape index (κ3) is 1.63. The summed E-state index contributed by atoms with van der Waals surface area (Å²) in [5, 5.41) is 5.31. The third-order valence-corrected chi connectivity index (χ3v) is 2.68. The molecule has 0 unspecified atom stereocenters. The first kappa shape index (κ1) is 9.84. The van der Waals surface area contributed by atoms with Crippen LogP contribution < -0.4 is 5.73 Å². The van der Waals surface area contributed by atoms with Gasteiger partial charge in [-0.05, 0) is 19.1 Å². The monoisotopic (exact) mass is 224 g/mol. The molecule has 3 rings (SSSR count). The van der Waals surface area contributed by atoms with E-state index < -0.39 is 0 Å². The highest BCUT2D eigenvalue weighted by Crippen LogP contribution is 2.21. The number of hydrogen-bond acceptors (Lipinski definition) is 3. The lowest BCUT2D eigenvalue weighted by molar-refractivity contribution is 0.889. The summed E-state index contributed by atoms with van der Waals surface area (Å²) in [7, 11) is 0. The second kappa shape index (κ2) is 3.59. The lowest BCUT2D eigenvalue weighted by Gasteiger charge is -2.07. The van der Waals surface area contributed by atoms with Crippen LogP contribution in [0.25, 0.3) is 16.6 Å². The first-order valence-corrected chi connectivity index (χ1v) is 5.42. The maximum Gasteiger partial charge on any atom is 0.145 e. The molecule has 3 aromatic rings. The molecule has 0 radical (unpaired) electrons. The van der Waals surface area contributed by atoms with Crippen molar-refractivity contribution in [2.24, 2.45) is 0 Å². The Morgan fingerprint density at radius 1 is 1.18 bits per heavy atom. The Labute approximate surface area is 98.7 Å². The van der Waals surface area contributed by atoms with Crippen LogP contribution in [-0.4, -0.2) is 14.8 Å². The van der Waals surface area contributed by atoms with Crippen LogP contribution in [0.1, 0.15) is 5.69 Å². The molecule has 2 N–H and O–H groups in total. The van der Waals surface area contributed by atoms with Crippen LogP contribution in [0.2, 0.25) is 0 Å². The fourth-order valence-corrected chi connectivity index (χ4v) is 1.95. The van der Waals surface area contributed by atoms with Gasteiger partial charge < -0.3 is 5.73 Å². The van der Waals surface area contributed by atoms with Gasteiger partial charge in [0, 0.05) is 23.3 Å². The Morgan fingerprint density at radius 2 is 2.00 bits per heavy atom. The largest absolute Gasteiger partial charge is 0.382 e. The van der Waals surface area contributed by atoms with Crippen molar-refractivity contribution in [1.29, 1.82) is 0 Å². The van der Waals surface area contributed by atoms with Crippen LogP contribution in [0.5, 0.6) is 0 Å². The number of nitrogen functional groups attached to an aromatic ring is 1. The number of hydrogen-bond donors (Lipinski definition) is 1. The third-order valence-electron chi connectivity index (χ3n) is 2.68. The second-order valence-electron chi connectivity index (χ2n) is 3.99. The number of aryl methyl sites for hydroxylation is 1. The molecular formula is C13H12N4. The summed E-state index contributed by atoms with van der Waals surface area (Å²) in [5.41, 5.74) is 8.59. The van der Waals surface area contributed by atoms with E-state index in [2.05, 4.69) is 10.1 Å². The lowest BCUT2D eigenvalue weighted by atomic mass is 10.1. The highest BCUT2D eigenvalue weighted by Gasteiger charge is 2.06. The van der Waals surface area contributed by atoms with E-state index >= 15 is 0 Å². The predicted molar refractivity (Wildman–Crippen MR) is 68.0 cm³/mol. The SMILES string of the molecule is Cc1cc(-n2ccc(N)n2)c2ccccc2n1. The minimum Gasteiger partial charge on any atom is -0.382 e. The van der Waals surface area contributed by atoms with Crippen molar-refractivity contribution in [1.82, 2.24) is 14.8 Å². The highest BCUT2D eigenvalue weighted by molar-refractivity contribution is 5.87. The van der Waals surface area contributed by atoms with Crippen LogP contribution in [0.3, 0.4) is 0 Å². The van der Waals surface area contributed by atoms with E-state index in [1.54, 1.807) is 10.7 Å². The minimum atomic E-state index is 0.517. The van der Waals surface area contributed by atoms with Gasteiger partial charge in [0.05, 0.1) is 11.2 Å². The fraction of sp³-hybridized carbons (Fsp3) is 0.0769. The molecule has 84 valence electrons. The van der Waals surface area contributed by atoms with E-state index in [4.69, 9.17) is 5.73 Å². The topological polar surface area (TPSA) is 56.7 Å². The van der Waals surface area contributed by atoms with Gasteiger partial charge in [-0.3, -0.25) is 4.98 Å². The van der Waals surface area contributed by atoms with Crippen molar-refractivity contribution in [2.75, 3.05) is 5.73 Å². The summed E-state index contributed by atoms with van der Waals surface area (Å²) in [5.74, 6) is 0.517. The van der Waals surface area contributed by atoms with E-state index in [-0.39, 0.29) is 0 Å². The van der Waals surface area contributed by atoms with Crippen LogP contribution in [0, 0.1) is 6.92 Å². The van der Waals surface area contributed by atoms with E-state index in [0.717, 1.165) is 22.3 Å². The molecule has 17 heavy (non-hydrogen) atoms. The van der Waals surface area contributed by atoms with Crippen LogP contribution >= 0.6 is 0 Å². The molecule has 0 amide bonds. The molecule has 1 aromatic carbocycles. The molecular weight excluding hydrogens is 212 g/mol. The molecule has 4 nitrogen and oxygen atoms in total. The number of anilines is 1. The minimum absolute atomic E-state index is 0.517. The predicted octanol–water partition coefficient (Wildman–Crippen LogP) is 2.31. The van der Waals surface area contributed by atoms with Crippen LogP contribution in [0.4, 0.5) is 5.82 Å². The van der Waals surface area contributed by atoms with Gasteiger partial charge in [0.15, 0.2) is 0 Å². The van der Waals surface area contributed by atoms with Gasteiger partial charge in [0.1, 0.15) is 5.82 Å². The Hall–Kier alpha value is -2.36. The Balaban J connectivity index is 2.35. The summed E-state index contributed by atoms with van der Waals surface area (Å²) in [4.78, 5) is 4.50. The van der Waals surface area contributed by atoms with Crippen molar-refractivity contribution < 1.29 is 0 Å². The number of nitrogens with two attached hydrogens (primary N) is 1. The highest BCUT2D eigenvalue weighted by atomic mass is 15.3. The molecule has 0 aliphatic carbocycles. The molecule has 0 aliphatic rings. The number of para-hydroxylation sites is 1. The number of benzene rings is 1. The maximum atomic E-state index is 5.65. The summed E-state index contributed by atoms with van der Waals surface area (Å²) in [6.07, 6.45) is 1.86. The molecule has 0 aliphatic heterocycles. The van der Waals surface area contributed by atoms with Gasteiger partial charge in [-0.1, -0.05) is 18.2 Å². The smallest absolute Gasteiger partial charge is 0.145 e. The van der Waals surface area contributed by atoms with E-state index in [1.807, 2.05) is 43.5 Å². The van der Waals surface area contributed by atoms with Crippen LogP contribution in [-0.2, 0) is 0 Å². The Morgan fingerprint density at radius 3 is 2.76 bits per heavy atom. The van der Waals surface area contributed by atoms with Crippen molar-refractivity contribution in [3.05, 3.63) is 48.3 Å². The summed E-state index contributed by atoms with van der Waals surface area (Å²) in [6.45, 7) is 1.97. The fourth-order valence-electron chi connectivity index (χ4n) is 1.95. The zero-order valence-corrected chi connectivity index (χ0v) is 9.46. The summed E-state index contributed by atoms with van der Waals surface area (Å²) >= 11 is 0. The number of pyridine rings is 1. The average molecular weight is 224 g/mol. The Kier molecular flexibility index (Phi) is 2.08. The van der Waals surface area contributed by atoms with E-state index in [1.165, 1.54) is 0 Å². The number of nitrogens with zero attached hydrogens (tertiary/aromatic N) is 3. The average Bonchev–Trinajstić information content (AvgIpc) is 2.74. The molecule has 2 heterocycles. The first-order chi connectivity index (χ1) is 8.24. The van der Waals surface area contributed by atoms with Gasteiger partial charge >= 0.3 is 0 Å². The van der Waals surface area contributed by atoms with E-state index in [9.17, 15) is 0 Å². The van der Waals surface area contributed by atoms with Gasteiger partial charge in [-0.15, -0.1) is 0 Å². The number of fused-ring (bicyclic) bond motifs is 1. The van der Waals surface area contributed by atoms with Crippen molar-refractivity contribution >= 4 is 16.7 Å². The zero-order chi connectivity index (χ0) is 11.8. The zero-order valence-electron chi connectivity index (χ0n) is 9.46. The molecule has 0 spiro atoms. The molecule has 2 aromatic heterocycles. The second-order valence-corrected chi connectivity index (χ2v) is 3.99. The van der Waals surface area contributed by atoms with Gasteiger partial charge in [-0.2, -0.15) is 5.10 Å². The molecule has 0 fully saturated rings. The molecule has 4 heteroatoms. The molecule has 0 bridgehead atoms. The number of aromatic nitrogens is 3. The quantitative estimate of drug-likeness (QED) is 0.690. The van der Waals surface area contributed by atoms with Crippen molar-refractivity contribution in [3.8, 4) is 5.69 Å². The summed E-state index contributed by atoms with van der Waals surface area (Å²) in [6, 6.07) is 11.8. The lowest BCUT2D eigenvalue weighted by Crippen LogP contribution is -1.99. The normalized spacial score (nSPS) is 10.9. The standard InChI is InChI=1S/C13H12N4/c1-9-8-12(17-7-6-13(14)16-17)10-4-2-3-5-11(10)15-9/h2-8H,1H3,(H2,14,16).